The van der Waals surface area contributed by atoms with E-state index in [0.29, 0.717) is 12.0 Å². The molecular weight excluding hydrogens is 516 g/mol. The van der Waals surface area contributed by atoms with Crippen molar-refractivity contribution in [2.24, 2.45) is 23.5 Å². The number of rotatable bonds is 4. The minimum atomic E-state index is -0.902. The van der Waals surface area contributed by atoms with E-state index in [1.807, 2.05) is 33.8 Å². The fraction of sp³-hybridized carbons (Fsp3) is 0.533. The number of ether oxygens (including phenoxy) is 4. The third-order valence-corrected chi connectivity index (χ3v) is 7.29. The maximum absolute atomic E-state index is 13.4. The highest BCUT2D eigenvalue weighted by Gasteiger charge is 2.36. The molecule has 2 rings (SSSR count). The SMILES string of the molecule is CO[C@@H]1[C@H](C)/C=C(\C)[C@H](OC(N)=O)[C@@H](C)/C=C\C=C(/C)C(=O)NC2=CC(=O)C=C(C2=O)[C@@H](OC)[C@@H](C)C[C@@H]1OC. The van der Waals surface area contributed by atoms with Crippen LogP contribution in [0.2, 0.25) is 0 Å². The molecule has 0 spiro atoms. The summed E-state index contributed by atoms with van der Waals surface area (Å²) in [5.74, 6) is -2.19. The summed E-state index contributed by atoms with van der Waals surface area (Å²) in [5, 5.41) is 2.56. The van der Waals surface area contributed by atoms with E-state index in [4.69, 9.17) is 24.7 Å². The minimum absolute atomic E-state index is 0.119. The topological polar surface area (TPSA) is 143 Å². The second-order valence-electron chi connectivity index (χ2n) is 10.4. The zero-order valence-electron chi connectivity index (χ0n) is 24.6. The van der Waals surface area contributed by atoms with Crippen LogP contribution in [0.1, 0.15) is 41.0 Å². The Labute approximate surface area is 236 Å². The maximum atomic E-state index is 13.4. The van der Waals surface area contributed by atoms with Crippen LogP contribution >= 0.6 is 0 Å². The van der Waals surface area contributed by atoms with Crippen molar-refractivity contribution < 1.29 is 38.1 Å². The lowest BCUT2D eigenvalue weighted by Gasteiger charge is -2.34. The zero-order chi connectivity index (χ0) is 30.1. The Kier molecular flexibility index (Phi) is 12.2. The Morgan fingerprint density at radius 1 is 0.950 bits per heavy atom. The molecule has 0 saturated carbocycles. The summed E-state index contributed by atoms with van der Waals surface area (Å²) in [6.45, 7) is 9.17. The van der Waals surface area contributed by atoms with Crippen LogP contribution in [0, 0.1) is 17.8 Å². The molecule has 10 heteroatoms. The van der Waals surface area contributed by atoms with Crippen LogP contribution < -0.4 is 11.1 Å². The van der Waals surface area contributed by atoms with Gasteiger partial charge in [0.1, 0.15) is 6.10 Å². The van der Waals surface area contributed by atoms with E-state index in [-0.39, 0.29) is 29.0 Å². The Balaban J connectivity index is 2.62. The molecule has 0 saturated heterocycles. The van der Waals surface area contributed by atoms with E-state index in [9.17, 15) is 19.2 Å². The van der Waals surface area contributed by atoms with Gasteiger partial charge >= 0.3 is 6.09 Å². The minimum Gasteiger partial charge on any atom is -0.441 e. The molecule has 1 aliphatic heterocycles. The lowest BCUT2D eigenvalue weighted by molar-refractivity contribution is -0.120. The molecule has 220 valence electrons. The number of methoxy groups -OCH3 is 3. The van der Waals surface area contributed by atoms with Crippen molar-refractivity contribution >= 4 is 23.6 Å². The number of hydrogen-bond donors (Lipinski definition) is 2. The molecule has 40 heavy (non-hydrogen) atoms. The van der Waals surface area contributed by atoms with E-state index in [2.05, 4.69) is 5.32 Å². The van der Waals surface area contributed by atoms with E-state index in [0.717, 1.165) is 11.6 Å². The normalized spacial score (nSPS) is 34.4. The number of carbonyl (C=O) groups is 4. The predicted molar refractivity (Wildman–Crippen MR) is 150 cm³/mol. The summed E-state index contributed by atoms with van der Waals surface area (Å²) in [6.07, 6.45) is 6.65. The van der Waals surface area contributed by atoms with Crippen molar-refractivity contribution in [3.8, 4) is 0 Å². The summed E-state index contributed by atoms with van der Waals surface area (Å²) in [7, 11) is 4.64. The number of nitrogens with one attached hydrogen (secondary N) is 1. The van der Waals surface area contributed by atoms with Crippen LogP contribution in [-0.2, 0) is 33.3 Å². The number of primary amides is 1. The predicted octanol–water partition coefficient (Wildman–Crippen LogP) is 3.33. The molecular formula is C30H42N2O8. The first kappa shape index (κ1) is 32.9. The van der Waals surface area contributed by atoms with Gasteiger partial charge < -0.3 is 30.0 Å². The van der Waals surface area contributed by atoms with Gasteiger partial charge in [0.15, 0.2) is 5.78 Å². The molecule has 2 amide bonds. The van der Waals surface area contributed by atoms with E-state index < -0.39 is 48.0 Å². The number of fused-ring (bicyclic) bond motifs is 2. The van der Waals surface area contributed by atoms with Crippen LogP contribution in [0.25, 0.3) is 0 Å². The first-order chi connectivity index (χ1) is 18.8. The third-order valence-electron chi connectivity index (χ3n) is 7.29. The van der Waals surface area contributed by atoms with Crippen molar-refractivity contribution in [1.82, 2.24) is 5.32 Å². The average Bonchev–Trinajstić information content (AvgIpc) is 2.88. The second-order valence-corrected chi connectivity index (χ2v) is 10.4. The van der Waals surface area contributed by atoms with Gasteiger partial charge in [0.2, 0.25) is 5.78 Å². The zero-order valence-corrected chi connectivity index (χ0v) is 24.6. The smallest absolute Gasteiger partial charge is 0.405 e. The van der Waals surface area contributed by atoms with Gasteiger partial charge in [0, 0.05) is 50.4 Å². The monoisotopic (exact) mass is 558 g/mol. The largest absolute Gasteiger partial charge is 0.441 e. The van der Waals surface area contributed by atoms with Crippen molar-refractivity contribution in [2.75, 3.05) is 21.3 Å². The molecule has 0 aromatic rings. The summed E-state index contributed by atoms with van der Waals surface area (Å²) >= 11 is 0. The number of allylic oxidation sites excluding steroid dienone is 5. The molecule has 0 fully saturated rings. The third kappa shape index (κ3) is 8.33. The number of nitrogens with two attached hydrogens (primary N) is 1. The lowest BCUT2D eigenvalue weighted by Crippen LogP contribution is -2.40. The van der Waals surface area contributed by atoms with Gasteiger partial charge in [-0.3, -0.25) is 14.4 Å². The lowest BCUT2D eigenvalue weighted by atomic mass is 9.83. The molecule has 0 unspecified atom stereocenters. The van der Waals surface area contributed by atoms with Gasteiger partial charge in [0.25, 0.3) is 5.91 Å². The van der Waals surface area contributed by atoms with Crippen LogP contribution in [0.5, 0.6) is 0 Å². The summed E-state index contributed by atoms with van der Waals surface area (Å²) < 4.78 is 22.9. The quantitative estimate of drug-likeness (QED) is 0.395. The van der Waals surface area contributed by atoms with Gasteiger partial charge in [-0.2, -0.15) is 0 Å². The number of ketones is 2. The van der Waals surface area contributed by atoms with Crippen molar-refractivity contribution in [2.45, 2.75) is 65.5 Å². The Morgan fingerprint density at radius 2 is 1.62 bits per heavy atom. The van der Waals surface area contributed by atoms with Gasteiger partial charge in [-0.05, 0) is 37.8 Å². The van der Waals surface area contributed by atoms with Gasteiger partial charge in [-0.25, -0.2) is 4.79 Å². The molecule has 10 nitrogen and oxygen atoms in total. The van der Waals surface area contributed by atoms with Crippen LogP contribution in [0.4, 0.5) is 4.79 Å². The first-order valence-electron chi connectivity index (χ1n) is 13.3. The van der Waals surface area contributed by atoms with Crippen LogP contribution in [0.15, 0.2) is 58.9 Å². The highest BCUT2D eigenvalue weighted by Crippen LogP contribution is 2.30. The Morgan fingerprint density at radius 3 is 2.20 bits per heavy atom. The molecule has 1 aliphatic carbocycles. The van der Waals surface area contributed by atoms with Gasteiger partial charge in [-0.1, -0.05) is 45.1 Å². The molecule has 2 aliphatic rings. The van der Waals surface area contributed by atoms with Crippen molar-refractivity contribution in [1.29, 1.82) is 0 Å². The maximum Gasteiger partial charge on any atom is 0.405 e. The molecule has 2 bridgehead atoms. The fourth-order valence-electron chi connectivity index (χ4n) is 5.27. The molecule has 0 aromatic heterocycles. The van der Waals surface area contributed by atoms with Crippen LogP contribution in [0.3, 0.4) is 0 Å². The van der Waals surface area contributed by atoms with E-state index in [1.54, 1.807) is 39.4 Å². The van der Waals surface area contributed by atoms with Crippen molar-refractivity contribution in [3.63, 3.8) is 0 Å². The number of carbonyl (C=O) groups excluding carboxylic acids is 4. The van der Waals surface area contributed by atoms with E-state index in [1.165, 1.54) is 13.2 Å². The average molecular weight is 559 g/mol. The Hall–Kier alpha value is -3.34. The standard InChI is InChI=1S/C30H42N2O8/c1-16-10-9-11-17(2)29(35)32-23-15-21(33)14-22(25(23)34)27(38-7)20(5)13-24(37-6)28(39-8)19(4)12-18(3)26(16)40-30(31)36/h9-12,14-16,19-20,24,26-28H,13H2,1-8H3,(H2,31,36)(H,32,35)/b10-9-,17-11+,18-12+/t16-,19+,20-,24-,26+,27-,28+/m0/s1. The fourth-order valence-corrected chi connectivity index (χ4v) is 5.27. The first-order valence-corrected chi connectivity index (χ1v) is 13.3. The molecule has 1 heterocycles. The number of Topliss-reactive ketones (excluding diaryl/α,β-unsaturated/α-hetero) is 1. The summed E-state index contributed by atoms with van der Waals surface area (Å²) in [4.78, 5) is 50.5. The van der Waals surface area contributed by atoms with E-state index >= 15 is 0 Å². The van der Waals surface area contributed by atoms with Crippen molar-refractivity contribution in [3.05, 3.63) is 58.9 Å². The van der Waals surface area contributed by atoms with Gasteiger partial charge in [0.05, 0.1) is 24.0 Å². The number of hydrogen-bond acceptors (Lipinski definition) is 8. The molecule has 0 radical (unpaired) electrons. The molecule has 3 N–H and O–H groups in total. The summed E-state index contributed by atoms with van der Waals surface area (Å²) in [5.41, 5.74) is 6.49. The summed E-state index contributed by atoms with van der Waals surface area (Å²) in [6, 6.07) is 0. The highest BCUT2D eigenvalue weighted by molar-refractivity contribution is 6.22. The Bertz CT molecular complexity index is 1130. The second kappa shape index (κ2) is 14.9. The highest BCUT2D eigenvalue weighted by atomic mass is 16.6. The molecule has 7 atom stereocenters. The number of amides is 2. The van der Waals surface area contributed by atoms with Gasteiger partial charge in [-0.15, -0.1) is 0 Å². The molecule has 0 aromatic carbocycles. The van der Waals surface area contributed by atoms with Crippen LogP contribution in [-0.4, -0.2) is 69.3 Å².